The van der Waals surface area contributed by atoms with E-state index in [0.717, 1.165) is 26.1 Å². The second-order valence-electron chi connectivity index (χ2n) is 4.14. The van der Waals surface area contributed by atoms with E-state index in [4.69, 9.17) is 5.26 Å². The fourth-order valence-corrected chi connectivity index (χ4v) is 2.21. The van der Waals surface area contributed by atoms with Crippen molar-refractivity contribution in [1.29, 1.82) is 5.26 Å². The standard InChI is InChI=1S/C12H17N5/c1-2-17(11-4-3-6-14-9-11)12-15-7-5-10(8-13)16-12/h5,7,11,14H,2-4,6,9H2,1H3. The van der Waals surface area contributed by atoms with Gasteiger partial charge in [-0.3, -0.25) is 0 Å². The van der Waals surface area contributed by atoms with Crippen LogP contribution in [-0.4, -0.2) is 35.6 Å². The average molecular weight is 231 g/mol. The van der Waals surface area contributed by atoms with Crippen LogP contribution in [0.2, 0.25) is 0 Å². The summed E-state index contributed by atoms with van der Waals surface area (Å²) in [5.74, 6) is 0.667. The molecular formula is C12H17N5. The summed E-state index contributed by atoms with van der Waals surface area (Å²) in [7, 11) is 0. The molecular weight excluding hydrogens is 214 g/mol. The molecule has 0 amide bonds. The zero-order valence-electron chi connectivity index (χ0n) is 10.1. The third kappa shape index (κ3) is 2.71. The van der Waals surface area contributed by atoms with Gasteiger partial charge in [0.1, 0.15) is 11.8 Å². The number of nitrogens with zero attached hydrogens (tertiary/aromatic N) is 4. The van der Waals surface area contributed by atoms with Crippen molar-refractivity contribution in [2.24, 2.45) is 0 Å². The lowest BCUT2D eigenvalue weighted by Crippen LogP contribution is -2.46. The van der Waals surface area contributed by atoms with Crippen LogP contribution in [0, 0.1) is 11.3 Å². The van der Waals surface area contributed by atoms with Crippen LogP contribution in [0.5, 0.6) is 0 Å². The summed E-state index contributed by atoms with van der Waals surface area (Å²) < 4.78 is 0. The van der Waals surface area contributed by atoms with Gasteiger partial charge in [-0.15, -0.1) is 0 Å². The highest BCUT2D eigenvalue weighted by atomic mass is 15.3. The Bertz CT molecular complexity index is 406. The van der Waals surface area contributed by atoms with Crippen molar-refractivity contribution in [3.05, 3.63) is 18.0 Å². The fourth-order valence-electron chi connectivity index (χ4n) is 2.21. The van der Waals surface area contributed by atoms with E-state index in [-0.39, 0.29) is 0 Å². The van der Waals surface area contributed by atoms with Gasteiger partial charge in [0.05, 0.1) is 0 Å². The number of aromatic nitrogens is 2. The molecule has 1 atom stereocenters. The molecule has 1 N–H and O–H groups in total. The van der Waals surface area contributed by atoms with Crippen LogP contribution in [0.15, 0.2) is 12.3 Å². The summed E-state index contributed by atoms with van der Waals surface area (Å²) in [5.41, 5.74) is 0.428. The largest absolute Gasteiger partial charge is 0.337 e. The maximum Gasteiger partial charge on any atom is 0.226 e. The van der Waals surface area contributed by atoms with E-state index in [2.05, 4.69) is 33.2 Å². The highest BCUT2D eigenvalue weighted by Crippen LogP contribution is 2.16. The summed E-state index contributed by atoms with van der Waals surface area (Å²) in [6.45, 7) is 5.01. The Labute approximate surface area is 101 Å². The van der Waals surface area contributed by atoms with Crippen molar-refractivity contribution in [3.8, 4) is 6.07 Å². The normalized spacial score (nSPS) is 19.6. The van der Waals surface area contributed by atoms with Crippen LogP contribution in [0.25, 0.3) is 0 Å². The maximum atomic E-state index is 8.86. The van der Waals surface area contributed by atoms with Crippen LogP contribution in [0.4, 0.5) is 5.95 Å². The Hall–Kier alpha value is -1.67. The van der Waals surface area contributed by atoms with Gasteiger partial charge in [0.15, 0.2) is 0 Å². The molecule has 1 fully saturated rings. The number of rotatable bonds is 3. The molecule has 1 aliphatic heterocycles. The Balaban J connectivity index is 2.18. The predicted molar refractivity (Wildman–Crippen MR) is 65.7 cm³/mol. The van der Waals surface area contributed by atoms with Crippen LogP contribution in [0.1, 0.15) is 25.5 Å². The first-order valence-corrected chi connectivity index (χ1v) is 6.05. The molecule has 1 unspecified atom stereocenters. The molecule has 2 heterocycles. The van der Waals surface area contributed by atoms with Gasteiger partial charge in [0, 0.05) is 25.3 Å². The van der Waals surface area contributed by atoms with Crippen molar-refractivity contribution < 1.29 is 0 Å². The number of hydrogen-bond acceptors (Lipinski definition) is 5. The van der Waals surface area contributed by atoms with Gasteiger partial charge in [-0.2, -0.15) is 5.26 Å². The molecule has 0 radical (unpaired) electrons. The van der Waals surface area contributed by atoms with E-state index in [1.54, 1.807) is 12.3 Å². The average Bonchev–Trinajstić information content (AvgIpc) is 2.41. The van der Waals surface area contributed by atoms with E-state index >= 15 is 0 Å². The minimum Gasteiger partial charge on any atom is -0.337 e. The Morgan fingerprint density at radius 3 is 3.18 bits per heavy atom. The smallest absolute Gasteiger partial charge is 0.226 e. The van der Waals surface area contributed by atoms with Crippen molar-refractivity contribution in [2.45, 2.75) is 25.8 Å². The van der Waals surface area contributed by atoms with Gasteiger partial charge in [0.25, 0.3) is 0 Å². The fraction of sp³-hybridized carbons (Fsp3) is 0.583. The van der Waals surface area contributed by atoms with Gasteiger partial charge < -0.3 is 10.2 Å². The zero-order valence-corrected chi connectivity index (χ0v) is 10.1. The molecule has 1 aliphatic rings. The molecule has 17 heavy (non-hydrogen) atoms. The second-order valence-corrected chi connectivity index (χ2v) is 4.14. The SMILES string of the molecule is CCN(c1nccc(C#N)n1)C1CCCNC1. The summed E-state index contributed by atoms with van der Waals surface area (Å²) >= 11 is 0. The van der Waals surface area contributed by atoms with Crippen LogP contribution in [0.3, 0.4) is 0 Å². The first-order chi connectivity index (χ1) is 8.35. The molecule has 1 saturated heterocycles. The quantitative estimate of drug-likeness (QED) is 0.838. The molecule has 1 aromatic rings. The lowest BCUT2D eigenvalue weighted by molar-refractivity contribution is 0.431. The van der Waals surface area contributed by atoms with Gasteiger partial charge in [-0.25, -0.2) is 9.97 Å². The first-order valence-electron chi connectivity index (χ1n) is 6.05. The highest BCUT2D eigenvalue weighted by molar-refractivity contribution is 5.35. The van der Waals surface area contributed by atoms with E-state index in [0.29, 0.717) is 17.7 Å². The Morgan fingerprint density at radius 1 is 1.65 bits per heavy atom. The van der Waals surface area contributed by atoms with Crippen molar-refractivity contribution in [3.63, 3.8) is 0 Å². The third-order valence-corrected chi connectivity index (χ3v) is 3.07. The van der Waals surface area contributed by atoms with Crippen LogP contribution in [-0.2, 0) is 0 Å². The van der Waals surface area contributed by atoms with Crippen molar-refractivity contribution >= 4 is 5.95 Å². The molecule has 0 aliphatic carbocycles. The minimum atomic E-state index is 0.428. The Kier molecular flexibility index (Phi) is 3.89. The molecule has 2 rings (SSSR count). The van der Waals surface area contributed by atoms with E-state index < -0.39 is 0 Å². The van der Waals surface area contributed by atoms with E-state index in [1.165, 1.54) is 6.42 Å². The lowest BCUT2D eigenvalue weighted by Gasteiger charge is -2.33. The first kappa shape index (κ1) is 11.8. The molecule has 0 saturated carbocycles. The van der Waals surface area contributed by atoms with E-state index in [9.17, 15) is 0 Å². The highest BCUT2D eigenvalue weighted by Gasteiger charge is 2.21. The number of nitrogens with one attached hydrogen (secondary N) is 1. The summed E-state index contributed by atoms with van der Waals surface area (Å²) in [6.07, 6.45) is 3.99. The second kappa shape index (κ2) is 5.60. The van der Waals surface area contributed by atoms with Gasteiger partial charge in [0.2, 0.25) is 5.95 Å². The summed E-state index contributed by atoms with van der Waals surface area (Å²) in [6, 6.07) is 4.12. The van der Waals surface area contributed by atoms with Gasteiger partial charge in [-0.05, 0) is 32.4 Å². The van der Waals surface area contributed by atoms with Crippen molar-refractivity contribution in [2.75, 3.05) is 24.5 Å². The molecule has 0 spiro atoms. The topological polar surface area (TPSA) is 64.8 Å². The third-order valence-electron chi connectivity index (χ3n) is 3.07. The number of nitriles is 1. The van der Waals surface area contributed by atoms with Crippen LogP contribution < -0.4 is 10.2 Å². The monoisotopic (exact) mass is 231 g/mol. The number of piperidine rings is 1. The maximum absolute atomic E-state index is 8.86. The van der Waals surface area contributed by atoms with E-state index in [1.807, 2.05) is 0 Å². The number of hydrogen-bond donors (Lipinski definition) is 1. The molecule has 5 nitrogen and oxygen atoms in total. The lowest BCUT2D eigenvalue weighted by atomic mass is 10.1. The predicted octanol–water partition coefficient (Wildman–Crippen LogP) is 0.927. The molecule has 5 heteroatoms. The summed E-state index contributed by atoms with van der Waals surface area (Å²) in [4.78, 5) is 10.7. The molecule has 0 aromatic carbocycles. The molecule has 1 aromatic heterocycles. The number of likely N-dealkylation sites (N-methyl/N-ethyl adjacent to an activating group) is 1. The molecule has 90 valence electrons. The van der Waals surface area contributed by atoms with Gasteiger partial charge in [-0.1, -0.05) is 0 Å². The zero-order chi connectivity index (χ0) is 12.1. The van der Waals surface area contributed by atoms with Crippen molar-refractivity contribution in [1.82, 2.24) is 15.3 Å². The molecule has 0 bridgehead atoms. The minimum absolute atomic E-state index is 0.428. The number of anilines is 1. The van der Waals surface area contributed by atoms with Gasteiger partial charge >= 0.3 is 0 Å². The van der Waals surface area contributed by atoms with Crippen LogP contribution >= 0.6 is 0 Å². The Morgan fingerprint density at radius 2 is 2.53 bits per heavy atom. The summed E-state index contributed by atoms with van der Waals surface area (Å²) in [5, 5.41) is 12.2.